The fraction of sp³-hybridized carbons (Fsp3) is 0.316. The molecule has 0 aliphatic carbocycles. The van der Waals surface area contributed by atoms with Gasteiger partial charge >= 0.3 is 0 Å². The number of Topliss-reactive ketones (excluding diaryl/α,β-unsaturated/α-hetero) is 1. The first kappa shape index (κ1) is 13.9. The van der Waals surface area contributed by atoms with Crippen LogP contribution in [0.25, 0.3) is 0 Å². The summed E-state index contributed by atoms with van der Waals surface area (Å²) < 4.78 is 0. The number of hydrogen-bond acceptors (Lipinski definition) is 2. The van der Waals surface area contributed by atoms with Gasteiger partial charge in [-0.2, -0.15) is 0 Å². The van der Waals surface area contributed by atoms with Crippen LogP contribution in [0.15, 0.2) is 48.5 Å². The van der Waals surface area contributed by atoms with Gasteiger partial charge in [0.15, 0.2) is 5.78 Å². The summed E-state index contributed by atoms with van der Waals surface area (Å²) in [6.45, 7) is 6.56. The molecule has 0 aromatic heterocycles. The third kappa shape index (κ3) is 2.46. The third-order valence-corrected chi connectivity index (χ3v) is 3.97. The molecule has 0 fully saturated rings. The zero-order chi connectivity index (χ0) is 15.0. The van der Waals surface area contributed by atoms with Crippen LogP contribution >= 0.6 is 0 Å². The van der Waals surface area contributed by atoms with E-state index in [1.54, 1.807) is 0 Å². The van der Waals surface area contributed by atoms with Crippen molar-refractivity contribution in [2.75, 3.05) is 4.90 Å². The molecule has 2 aromatic carbocycles. The molecule has 0 bridgehead atoms. The van der Waals surface area contributed by atoms with Gasteiger partial charge in [0, 0.05) is 23.2 Å². The van der Waals surface area contributed by atoms with Crippen LogP contribution in [0, 0.1) is 0 Å². The molecule has 1 heterocycles. The predicted octanol–water partition coefficient (Wildman–Crippen LogP) is 4.75. The summed E-state index contributed by atoms with van der Waals surface area (Å²) in [6.07, 6.45) is 1.38. The number of aryl methyl sites for hydroxylation is 1. The van der Waals surface area contributed by atoms with Gasteiger partial charge in [0.1, 0.15) is 0 Å². The zero-order valence-corrected chi connectivity index (χ0v) is 12.9. The van der Waals surface area contributed by atoms with E-state index in [0.717, 1.165) is 17.7 Å². The Morgan fingerprint density at radius 2 is 1.48 bits per heavy atom. The van der Waals surface area contributed by atoms with Crippen molar-refractivity contribution in [1.29, 1.82) is 0 Å². The van der Waals surface area contributed by atoms with Crippen molar-refractivity contribution in [3.8, 4) is 0 Å². The normalized spacial score (nSPS) is 15.0. The molecule has 2 aromatic rings. The lowest BCUT2D eigenvalue weighted by Gasteiger charge is -2.40. The Balaban J connectivity index is 2.30. The Kier molecular flexibility index (Phi) is 3.32. The molecule has 0 unspecified atom stereocenters. The van der Waals surface area contributed by atoms with Crippen LogP contribution in [0.4, 0.5) is 11.4 Å². The molecule has 3 rings (SSSR count). The highest BCUT2D eigenvalue weighted by atomic mass is 16.1. The average molecular weight is 279 g/mol. The lowest BCUT2D eigenvalue weighted by atomic mass is 9.92. The van der Waals surface area contributed by atoms with Gasteiger partial charge in [-0.15, -0.1) is 0 Å². The summed E-state index contributed by atoms with van der Waals surface area (Å²) >= 11 is 0. The zero-order valence-electron chi connectivity index (χ0n) is 12.9. The quantitative estimate of drug-likeness (QED) is 0.693. The Hall–Kier alpha value is -2.09. The average Bonchev–Trinajstić information content (AvgIpc) is 2.43. The van der Waals surface area contributed by atoms with E-state index in [4.69, 9.17) is 0 Å². The van der Waals surface area contributed by atoms with E-state index in [2.05, 4.69) is 56.0 Å². The van der Waals surface area contributed by atoms with E-state index in [-0.39, 0.29) is 11.3 Å². The summed E-state index contributed by atoms with van der Waals surface area (Å²) in [5, 5.41) is 0. The Morgan fingerprint density at radius 1 is 0.857 bits per heavy atom. The van der Waals surface area contributed by atoms with Crippen molar-refractivity contribution in [2.24, 2.45) is 0 Å². The van der Waals surface area contributed by atoms with Crippen molar-refractivity contribution in [3.63, 3.8) is 0 Å². The second-order valence-corrected chi connectivity index (χ2v) is 6.58. The van der Waals surface area contributed by atoms with E-state index < -0.39 is 0 Å². The molecule has 1 aliphatic rings. The highest BCUT2D eigenvalue weighted by Gasteiger charge is 2.30. The number of anilines is 2. The number of hydrogen-bond donors (Lipinski definition) is 0. The molecule has 0 saturated carbocycles. The van der Waals surface area contributed by atoms with Gasteiger partial charge in [-0.3, -0.25) is 4.79 Å². The second-order valence-electron chi connectivity index (χ2n) is 6.58. The molecule has 0 saturated heterocycles. The van der Waals surface area contributed by atoms with Gasteiger partial charge in [-0.25, -0.2) is 0 Å². The van der Waals surface area contributed by atoms with E-state index in [1.807, 2.05) is 18.2 Å². The van der Waals surface area contributed by atoms with Crippen LogP contribution in [-0.2, 0) is 6.42 Å². The Morgan fingerprint density at radius 3 is 2.19 bits per heavy atom. The molecule has 2 heteroatoms. The van der Waals surface area contributed by atoms with Crippen LogP contribution in [0.1, 0.15) is 43.1 Å². The summed E-state index contributed by atoms with van der Waals surface area (Å²) in [7, 11) is 0. The van der Waals surface area contributed by atoms with E-state index in [1.165, 1.54) is 11.3 Å². The van der Waals surface area contributed by atoms with Gasteiger partial charge in [-0.05, 0) is 51.0 Å². The molecule has 0 N–H and O–H groups in total. The third-order valence-electron chi connectivity index (χ3n) is 3.97. The fourth-order valence-electron chi connectivity index (χ4n) is 3.08. The second kappa shape index (κ2) is 5.03. The van der Waals surface area contributed by atoms with Gasteiger partial charge in [0.25, 0.3) is 0 Å². The minimum Gasteiger partial charge on any atom is -0.335 e. The topological polar surface area (TPSA) is 20.3 Å². The molecular weight excluding hydrogens is 258 g/mol. The highest BCUT2D eigenvalue weighted by molar-refractivity contribution is 6.03. The largest absolute Gasteiger partial charge is 0.335 e. The number of para-hydroxylation sites is 2. The van der Waals surface area contributed by atoms with Crippen molar-refractivity contribution < 1.29 is 4.79 Å². The van der Waals surface area contributed by atoms with Crippen molar-refractivity contribution in [2.45, 2.75) is 39.2 Å². The van der Waals surface area contributed by atoms with Gasteiger partial charge < -0.3 is 4.90 Å². The molecule has 0 amide bonds. The number of carbonyl (C=O) groups excluding carboxylic acids is 1. The molecule has 1 aliphatic heterocycles. The van der Waals surface area contributed by atoms with Crippen LogP contribution in [0.3, 0.4) is 0 Å². The minimum absolute atomic E-state index is 0.0934. The van der Waals surface area contributed by atoms with Gasteiger partial charge in [0.05, 0.1) is 5.69 Å². The standard InChI is InChI=1S/C19H21NO/c1-19(2,3)20-16-10-6-4-8-14(16)12-13-18(21)15-9-5-7-11-17(15)20/h4-11H,12-13H2,1-3H3. The molecule has 2 nitrogen and oxygen atoms in total. The van der Waals surface area contributed by atoms with Gasteiger partial charge in [0.2, 0.25) is 0 Å². The molecular formula is C19H21NO. The fourth-order valence-corrected chi connectivity index (χ4v) is 3.08. The smallest absolute Gasteiger partial charge is 0.165 e. The van der Waals surface area contributed by atoms with Crippen LogP contribution < -0.4 is 4.90 Å². The van der Waals surface area contributed by atoms with Crippen molar-refractivity contribution >= 4 is 17.2 Å². The van der Waals surface area contributed by atoms with Crippen LogP contribution in [-0.4, -0.2) is 11.3 Å². The summed E-state index contributed by atoms with van der Waals surface area (Å²) in [5.74, 6) is 0.231. The van der Waals surface area contributed by atoms with E-state index in [0.29, 0.717) is 6.42 Å². The number of ketones is 1. The lowest BCUT2D eigenvalue weighted by Crippen LogP contribution is -2.39. The Labute approximate surface area is 126 Å². The molecule has 0 radical (unpaired) electrons. The monoisotopic (exact) mass is 279 g/mol. The summed E-state index contributed by atoms with van der Waals surface area (Å²) in [5.41, 5.74) is 4.22. The first-order valence-electron chi connectivity index (χ1n) is 7.49. The molecule has 0 atom stereocenters. The summed E-state index contributed by atoms with van der Waals surface area (Å²) in [4.78, 5) is 14.8. The van der Waals surface area contributed by atoms with Crippen molar-refractivity contribution in [3.05, 3.63) is 59.7 Å². The SMILES string of the molecule is CC(C)(C)N1c2ccccc2CCC(=O)c2ccccc21. The minimum atomic E-state index is -0.0934. The number of carbonyl (C=O) groups is 1. The predicted molar refractivity (Wildman–Crippen MR) is 87.4 cm³/mol. The first-order chi connectivity index (χ1) is 9.98. The maximum absolute atomic E-state index is 12.5. The van der Waals surface area contributed by atoms with E-state index in [9.17, 15) is 4.79 Å². The highest BCUT2D eigenvalue weighted by Crippen LogP contribution is 2.39. The number of nitrogens with zero attached hydrogens (tertiary/aromatic N) is 1. The van der Waals surface area contributed by atoms with Crippen molar-refractivity contribution in [1.82, 2.24) is 0 Å². The number of rotatable bonds is 0. The van der Waals surface area contributed by atoms with E-state index >= 15 is 0 Å². The van der Waals surface area contributed by atoms with Crippen LogP contribution in [0.2, 0.25) is 0 Å². The maximum Gasteiger partial charge on any atom is 0.165 e. The lowest BCUT2D eigenvalue weighted by molar-refractivity contribution is 0.0983. The maximum atomic E-state index is 12.5. The number of fused-ring (bicyclic) bond motifs is 2. The summed E-state index contributed by atoms with van der Waals surface area (Å²) in [6, 6.07) is 16.4. The first-order valence-corrected chi connectivity index (χ1v) is 7.49. The molecule has 108 valence electrons. The molecule has 0 spiro atoms. The van der Waals surface area contributed by atoms with Crippen LogP contribution in [0.5, 0.6) is 0 Å². The number of benzene rings is 2. The Bertz CT molecular complexity index is 682. The van der Waals surface area contributed by atoms with Gasteiger partial charge in [-0.1, -0.05) is 30.3 Å². The molecule has 21 heavy (non-hydrogen) atoms.